The lowest BCUT2D eigenvalue weighted by Gasteiger charge is -2.18. The highest BCUT2D eigenvalue weighted by Gasteiger charge is 2.01. The summed E-state index contributed by atoms with van der Waals surface area (Å²) in [6.07, 6.45) is 0. The maximum absolute atomic E-state index is 5.89. The van der Waals surface area contributed by atoms with Crippen molar-refractivity contribution in [2.24, 2.45) is 0 Å². The summed E-state index contributed by atoms with van der Waals surface area (Å²) >= 11 is 0. The first-order chi connectivity index (χ1) is 11.7. The van der Waals surface area contributed by atoms with Crippen molar-refractivity contribution in [1.29, 1.82) is 0 Å². The van der Waals surface area contributed by atoms with Crippen LogP contribution < -0.4 is 10.1 Å². The molecule has 0 radical (unpaired) electrons. The number of hydrogen-bond donors (Lipinski definition) is 1. The molecule has 0 spiro atoms. The summed E-state index contributed by atoms with van der Waals surface area (Å²) < 4.78 is 5.89. The summed E-state index contributed by atoms with van der Waals surface area (Å²) in [4.78, 5) is 2.43. The van der Waals surface area contributed by atoms with Crippen LogP contribution in [-0.4, -0.2) is 31.1 Å². The average Bonchev–Trinajstić information content (AvgIpc) is 2.62. The minimum atomic E-state index is 0.619. The SMILES string of the molecule is CCN(CC)CCNCc1ccc(OCc2ccccc2C)cc1. The Morgan fingerprint density at radius 2 is 1.67 bits per heavy atom. The van der Waals surface area contributed by atoms with Crippen LogP contribution in [-0.2, 0) is 13.2 Å². The van der Waals surface area contributed by atoms with E-state index in [9.17, 15) is 0 Å². The fourth-order valence-electron chi connectivity index (χ4n) is 2.65. The smallest absolute Gasteiger partial charge is 0.119 e. The van der Waals surface area contributed by atoms with Crippen LogP contribution in [0.25, 0.3) is 0 Å². The topological polar surface area (TPSA) is 24.5 Å². The molecule has 0 aliphatic carbocycles. The van der Waals surface area contributed by atoms with Crippen LogP contribution in [0.1, 0.15) is 30.5 Å². The highest BCUT2D eigenvalue weighted by Crippen LogP contribution is 2.15. The maximum Gasteiger partial charge on any atom is 0.119 e. The van der Waals surface area contributed by atoms with Crippen molar-refractivity contribution < 1.29 is 4.74 Å². The van der Waals surface area contributed by atoms with Gasteiger partial charge in [0.15, 0.2) is 0 Å². The van der Waals surface area contributed by atoms with Gasteiger partial charge in [-0.15, -0.1) is 0 Å². The highest BCUT2D eigenvalue weighted by atomic mass is 16.5. The Morgan fingerprint density at radius 3 is 2.33 bits per heavy atom. The Labute approximate surface area is 146 Å². The van der Waals surface area contributed by atoms with E-state index in [0.717, 1.165) is 38.5 Å². The van der Waals surface area contributed by atoms with E-state index in [2.05, 4.69) is 79.5 Å². The van der Waals surface area contributed by atoms with Crippen molar-refractivity contribution >= 4 is 0 Å². The van der Waals surface area contributed by atoms with Gasteiger partial charge in [-0.2, -0.15) is 0 Å². The molecule has 0 unspecified atom stereocenters. The normalized spacial score (nSPS) is 11.0. The lowest BCUT2D eigenvalue weighted by molar-refractivity contribution is 0.302. The number of ether oxygens (including phenoxy) is 1. The van der Waals surface area contributed by atoms with Crippen molar-refractivity contribution in [3.05, 3.63) is 65.2 Å². The molecule has 0 saturated carbocycles. The van der Waals surface area contributed by atoms with Gasteiger partial charge >= 0.3 is 0 Å². The molecule has 2 aromatic carbocycles. The Kier molecular flexibility index (Phi) is 7.80. The molecule has 0 bridgehead atoms. The van der Waals surface area contributed by atoms with E-state index in [-0.39, 0.29) is 0 Å². The third-order valence-electron chi connectivity index (χ3n) is 4.41. The highest BCUT2D eigenvalue weighted by molar-refractivity contribution is 5.29. The first kappa shape index (κ1) is 18.5. The predicted octanol–water partition coefficient (Wildman–Crippen LogP) is 4.01. The number of aryl methyl sites for hydroxylation is 1. The molecule has 3 nitrogen and oxygen atoms in total. The van der Waals surface area contributed by atoms with Crippen LogP contribution >= 0.6 is 0 Å². The summed E-state index contributed by atoms with van der Waals surface area (Å²) in [6.45, 7) is 12.4. The van der Waals surface area contributed by atoms with E-state index < -0.39 is 0 Å². The van der Waals surface area contributed by atoms with E-state index >= 15 is 0 Å². The van der Waals surface area contributed by atoms with Gasteiger partial charge in [0.25, 0.3) is 0 Å². The number of nitrogens with zero attached hydrogens (tertiary/aromatic N) is 1. The third kappa shape index (κ3) is 5.99. The molecule has 0 aromatic heterocycles. The number of nitrogens with one attached hydrogen (secondary N) is 1. The minimum Gasteiger partial charge on any atom is -0.489 e. The Morgan fingerprint density at radius 1 is 0.958 bits per heavy atom. The monoisotopic (exact) mass is 326 g/mol. The zero-order chi connectivity index (χ0) is 17.2. The van der Waals surface area contributed by atoms with Crippen LogP contribution in [0.2, 0.25) is 0 Å². The van der Waals surface area contributed by atoms with Gasteiger partial charge in [-0.05, 0) is 48.8 Å². The van der Waals surface area contributed by atoms with Crippen molar-refractivity contribution in [1.82, 2.24) is 10.2 Å². The van der Waals surface area contributed by atoms with Gasteiger partial charge < -0.3 is 15.0 Å². The molecule has 2 aromatic rings. The molecule has 2 rings (SSSR count). The summed E-state index contributed by atoms with van der Waals surface area (Å²) in [5, 5.41) is 3.50. The van der Waals surface area contributed by atoms with E-state index in [1.54, 1.807) is 0 Å². The number of benzene rings is 2. The third-order valence-corrected chi connectivity index (χ3v) is 4.41. The predicted molar refractivity (Wildman–Crippen MR) is 101 cm³/mol. The van der Waals surface area contributed by atoms with Crippen molar-refractivity contribution in [2.45, 2.75) is 33.9 Å². The second kappa shape index (κ2) is 10.1. The number of rotatable bonds is 10. The van der Waals surface area contributed by atoms with Crippen molar-refractivity contribution in [3.8, 4) is 5.75 Å². The molecular weight excluding hydrogens is 296 g/mol. The van der Waals surface area contributed by atoms with Crippen LogP contribution in [0.3, 0.4) is 0 Å². The van der Waals surface area contributed by atoms with Gasteiger partial charge in [0.2, 0.25) is 0 Å². The molecular formula is C21H30N2O. The standard InChI is InChI=1S/C21H30N2O/c1-4-23(5-2)15-14-22-16-19-10-12-21(13-11-19)24-17-20-9-7-6-8-18(20)3/h6-13,22H,4-5,14-17H2,1-3H3. The second-order valence-electron chi connectivity index (χ2n) is 6.06. The van der Waals surface area contributed by atoms with E-state index in [1.807, 2.05) is 0 Å². The molecule has 1 N–H and O–H groups in total. The first-order valence-electron chi connectivity index (χ1n) is 8.92. The van der Waals surface area contributed by atoms with Gasteiger partial charge in [-0.1, -0.05) is 50.2 Å². The summed E-state index contributed by atoms with van der Waals surface area (Å²) in [6, 6.07) is 16.7. The van der Waals surface area contributed by atoms with Crippen LogP contribution in [0.5, 0.6) is 5.75 Å². The summed E-state index contributed by atoms with van der Waals surface area (Å²) in [7, 11) is 0. The van der Waals surface area contributed by atoms with E-state index in [0.29, 0.717) is 6.61 Å². The van der Waals surface area contributed by atoms with Gasteiger partial charge in [-0.3, -0.25) is 0 Å². The quantitative estimate of drug-likeness (QED) is 0.668. The number of likely N-dealkylation sites (N-methyl/N-ethyl adjacent to an activating group) is 1. The molecule has 0 aliphatic heterocycles. The average molecular weight is 326 g/mol. The lowest BCUT2D eigenvalue weighted by atomic mass is 10.1. The van der Waals surface area contributed by atoms with Crippen LogP contribution in [0, 0.1) is 6.92 Å². The zero-order valence-electron chi connectivity index (χ0n) is 15.2. The van der Waals surface area contributed by atoms with Gasteiger partial charge in [0.05, 0.1) is 0 Å². The molecule has 24 heavy (non-hydrogen) atoms. The first-order valence-corrected chi connectivity index (χ1v) is 8.92. The van der Waals surface area contributed by atoms with Gasteiger partial charge in [0.1, 0.15) is 12.4 Å². The van der Waals surface area contributed by atoms with Crippen LogP contribution in [0.4, 0.5) is 0 Å². The molecule has 0 heterocycles. The Hall–Kier alpha value is -1.84. The van der Waals surface area contributed by atoms with Crippen molar-refractivity contribution in [2.75, 3.05) is 26.2 Å². The Balaban J connectivity index is 1.73. The molecule has 130 valence electrons. The Bertz CT molecular complexity index is 591. The fraction of sp³-hybridized carbons (Fsp3) is 0.429. The van der Waals surface area contributed by atoms with E-state index in [4.69, 9.17) is 4.74 Å². The van der Waals surface area contributed by atoms with Crippen molar-refractivity contribution in [3.63, 3.8) is 0 Å². The molecule has 0 amide bonds. The maximum atomic E-state index is 5.89. The lowest BCUT2D eigenvalue weighted by Crippen LogP contribution is -2.31. The largest absolute Gasteiger partial charge is 0.489 e. The zero-order valence-corrected chi connectivity index (χ0v) is 15.2. The number of hydrogen-bond acceptors (Lipinski definition) is 3. The molecule has 0 aliphatic rings. The van der Waals surface area contributed by atoms with E-state index in [1.165, 1.54) is 16.7 Å². The second-order valence-corrected chi connectivity index (χ2v) is 6.06. The van der Waals surface area contributed by atoms with Crippen LogP contribution in [0.15, 0.2) is 48.5 Å². The fourth-order valence-corrected chi connectivity index (χ4v) is 2.65. The minimum absolute atomic E-state index is 0.619. The molecule has 0 atom stereocenters. The summed E-state index contributed by atoms with van der Waals surface area (Å²) in [5.74, 6) is 0.921. The molecule has 3 heteroatoms. The molecule has 0 fully saturated rings. The molecule has 0 saturated heterocycles. The summed E-state index contributed by atoms with van der Waals surface area (Å²) in [5.41, 5.74) is 3.80. The van der Waals surface area contributed by atoms with Gasteiger partial charge in [0, 0.05) is 19.6 Å². The van der Waals surface area contributed by atoms with Gasteiger partial charge in [-0.25, -0.2) is 0 Å².